The van der Waals surface area contributed by atoms with Gasteiger partial charge in [0.2, 0.25) is 0 Å². The molecule has 126 valence electrons. The van der Waals surface area contributed by atoms with Gasteiger partial charge in [-0.1, -0.05) is 22.9 Å². The largest absolute Gasteiger partial charge is 0.508 e. The maximum Gasteiger partial charge on any atom is 0.271 e. The average molecular weight is 365 g/mol. The molecule has 2 N–H and O–H groups in total. The van der Waals surface area contributed by atoms with E-state index in [1.807, 2.05) is 0 Å². The summed E-state index contributed by atoms with van der Waals surface area (Å²) in [7, 11) is 0. The normalized spacial score (nSPS) is 15.0. The fourth-order valence-corrected chi connectivity index (χ4v) is 3.60. The Kier molecular flexibility index (Phi) is 5.32. The number of carbonyl (C=O) groups is 1. The van der Waals surface area contributed by atoms with Gasteiger partial charge in [-0.05, 0) is 43.5 Å². The number of anilines is 1. The Bertz CT molecular complexity index is 739. The van der Waals surface area contributed by atoms with Crippen molar-refractivity contribution in [1.29, 1.82) is 0 Å². The zero-order valence-corrected chi connectivity index (χ0v) is 14.5. The number of aromatic nitrogens is 1. The first-order chi connectivity index (χ1) is 11.6. The lowest BCUT2D eigenvalue weighted by molar-refractivity contribution is 0.0955. The SMILES string of the molecule is O=C(N/N=C\c1sc(N2CCCCC2)nc1Cl)c1ccc(O)cc1. The Balaban J connectivity index is 1.62. The summed E-state index contributed by atoms with van der Waals surface area (Å²) < 4.78 is 0. The molecule has 1 aromatic carbocycles. The van der Waals surface area contributed by atoms with Crippen LogP contribution in [0.5, 0.6) is 5.75 Å². The summed E-state index contributed by atoms with van der Waals surface area (Å²) in [5.41, 5.74) is 2.85. The lowest BCUT2D eigenvalue weighted by Gasteiger charge is -2.25. The minimum absolute atomic E-state index is 0.108. The van der Waals surface area contributed by atoms with E-state index in [0.29, 0.717) is 15.6 Å². The number of piperidine rings is 1. The number of thiazole rings is 1. The van der Waals surface area contributed by atoms with Crippen molar-refractivity contribution in [3.63, 3.8) is 0 Å². The third-order valence-corrected chi connectivity index (χ3v) is 5.15. The van der Waals surface area contributed by atoms with Gasteiger partial charge in [0.05, 0.1) is 11.1 Å². The van der Waals surface area contributed by atoms with Gasteiger partial charge in [-0.25, -0.2) is 10.4 Å². The number of benzene rings is 1. The Morgan fingerprint density at radius 2 is 2.00 bits per heavy atom. The zero-order chi connectivity index (χ0) is 16.9. The molecule has 1 aliphatic rings. The van der Waals surface area contributed by atoms with Crippen molar-refractivity contribution in [2.45, 2.75) is 19.3 Å². The Morgan fingerprint density at radius 1 is 1.29 bits per heavy atom. The minimum Gasteiger partial charge on any atom is -0.508 e. The van der Waals surface area contributed by atoms with Crippen molar-refractivity contribution in [2.24, 2.45) is 5.10 Å². The first kappa shape index (κ1) is 16.7. The third kappa shape index (κ3) is 4.04. The maximum atomic E-state index is 11.9. The van der Waals surface area contributed by atoms with E-state index >= 15 is 0 Å². The van der Waals surface area contributed by atoms with E-state index in [4.69, 9.17) is 11.6 Å². The van der Waals surface area contributed by atoms with Crippen LogP contribution in [0, 0.1) is 0 Å². The van der Waals surface area contributed by atoms with Gasteiger partial charge in [0, 0.05) is 18.7 Å². The summed E-state index contributed by atoms with van der Waals surface area (Å²) >= 11 is 7.62. The van der Waals surface area contributed by atoms with Crippen LogP contribution in [0.4, 0.5) is 5.13 Å². The summed E-state index contributed by atoms with van der Waals surface area (Å²) in [6, 6.07) is 5.94. The number of rotatable bonds is 4. The molecule has 1 fully saturated rings. The van der Waals surface area contributed by atoms with Crippen molar-refractivity contribution in [1.82, 2.24) is 10.4 Å². The van der Waals surface area contributed by atoms with Gasteiger partial charge >= 0.3 is 0 Å². The first-order valence-electron chi connectivity index (χ1n) is 7.67. The number of nitrogens with zero attached hydrogens (tertiary/aromatic N) is 3. The summed E-state index contributed by atoms with van der Waals surface area (Å²) in [6.07, 6.45) is 5.10. The number of phenols is 1. The van der Waals surface area contributed by atoms with Crippen LogP contribution in [0.25, 0.3) is 0 Å². The highest BCUT2D eigenvalue weighted by molar-refractivity contribution is 7.17. The van der Waals surface area contributed by atoms with Gasteiger partial charge < -0.3 is 10.0 Å². The summed E-state index contributed by atoms with van der Waals surface area (Å²) in [5.74, 6) is -0.250. The second-order valence-corrected chi connectivity index (χ2v) is 6.81. The average Bonchev–Trinajstić information content (AvgIpc) is 2.97. The predicted molar refractivity (Wildman–Crippen MR) is 96.4 cm³/mol. The van der Waals surface area contributed by atoms with Gasteiger partial charge in [-0.15, -0.1) is 0 Å². The standard InChI is InChI=1S/C16H17ClN4O2S/c17-14-13(24-16(19-14)21-8-2-1-3-9-21)10-18-20-15(23)11-4-6-12(22)7-5-11/h4-7,10,22H,1-3,8-9H2,(H,20,23)/b18-10-. The van der Waals surface area contributed by atoms with Crippen LogP contribution < -0.4 is 10.3 Å². The van der Waals surface area contributed by atoms with E-state index in [2.05, 4.69) is 20.4 Å². The number of nitrogens with one attached hydrogen (secondary N) is 1. The molecule has 8 heteroatoms. The summed E-state index contributed by atoms with van der Waals surface area (Å²) in [4.78, 5) is 19.2. The van der Waals surface area contributed by atoms with Crippen LogP contribution in [-0.4, -0.2) is 35.3 Å². The lowest BCUT2D eigenvalue weighted by Crippen LogP contribution is -2.29. The van der Waals surface area contributed by atoms with Crippen molar-refractivity contribution in [3.05, 3.63) is 39.9 Å². The molecule has 0 saturated carbocycles. The minimum atomic E-state index is -0.358. The highest BCUT2D eigenvalue weighted by Crippen LogP contribution is 2.30. The molecule has 3 rings (SSSR count). The van der Waals surface area contributed by atoms with Crippen LogP contribution in [0.15, 0.2) is 29.4 Å². The molecule has 1 saturated heterocycles. The van der Waals surface area contributed by atoms with Crippen molar-refractivity contribution < 1.29 is 9.90 Å². The molecule has 0 bridgehead atoms. The monoisotopic (exact) mass is 364 g/mol. The second-order valence-electron chi connectivity index (χ2n) is 5.45. The van der Waals surface area contributed by atoms with E-state index in [1.165, 1.54) is 61.1 Å². The molecule has 2 aromatic rings. The van der Waals surface area contributed by atoms with E-state index in [9.17, 15) is 9.90 Å². The second kappa shape index (κ2) is 7.63. The quantitative estimate of drug-likeness (QED) is 0.644. The van der Waals surface area contributed by atoms with Crippen LogP contribution in [-0.2, 0) is 0 Å². The predicted octanol–water partition coefficient (Wildman–Crippen LogP) is 3.26. The smallest absolute Gasteiger partial charge is 0.271 e. The molecule has 0 radical (unpaired) electrons. The molecular formula is C16H17ClN4O2S. The third-order valence-electron chi connectivity index (χ3n) is 3.70. The number of carbonyl (C=O) groups excluding carboxylic acids is 1. The number of hydrazone groups is 1. The number of halogens is 1. The van der Waals surface area contributed by atoms with E-state index in [1.54, 1.807) is 0 Å². The van der Waals surface area contributed by atoms with E-state index in [-0.39, 0.29) is 11.7 Å². The molecular weight excluding hydrogens is 348 g/mol. The fraction of sp³-hybridized carbons (Fsp3) is 0.312. The van der Waals surface area contributed by atoms with Gasteiger partial charge in [-0.3, -0.25) is 4.79 Å². The molecule has 1 amide bonds. The van der Waals surface area contributed by atoms with Crippen molar-refractivity contribution in [3.8, 4) is 5.75 Å². The van der Waals surface area contributed by atoms with E-state index in [0.717, 1.165) is 18.2 Å². The molecule has 1 aromatic heterocycles. The first-order valence-corrected chi connectivity index (χ1v) is 8.86. The summed E-state index contributed by atoms with van der Waals surface area (Å²) in [6.45, 7) is 2.00. The van der Waals surface area contributed by atoms with E-state index < -0.39 is 0 Å². The fourth-order valence-electron chi connectivity index (χ4n) is 2.43. The molecule has 0 unspecified atom stereocenters. The molecule has 1 aliphatic heterocycles. The van der Waals surface area contributed by atoms with Crippen LogP contribution in [0.2, 0.25) is 5.15 Å². The molecule has 0 aliphatic carbocycles. The van der Waals surface area contributed by atoms with Crippen LogP contribution in [0.3, 0.4) is 0 Å². The number of hydrogen-bond donors (Lipinski definition) is 2. The molecule has 24 heavy (non-hydrogen) atoms. The topological polar surface area (TPSA) is 77.8 Å². The highest BCUT2D eigenvalue weighted by Gasteiger charge is 2.16. The maximum absolute atomic E-state index is 11.9. The number of phenolic OH excluding ortho intramolecular Hbond substituents is 1. The van der Waals surface area contributed by atoms with Gasteiger partial charge in [0.25, 0.3) is 5.91 Å². The van der Waals surface area contributed by atoms with Crippen LogP contribution >= 0.6 is 22.9 Å². The van der Waals surface area contributed by atoms with Crippen LogP contribution in [0.1, 0.15) is 34.5 Å². The Morgan fingerprint density at radius 3 is 2.71 bits per heavy atom. The number of aromatic hydroxyl groups is 1. The highest BCUT2D eigenvalue weighted by atomic mass is 35.5. The lowest BCUT2D eigenvalue weighted by atomic mass is 10.1. The number of amides is 1. The molecule has 0 spiro atoms. The molecule has 6 nitrogen and oxygen atoms in total. The Hall–Kier alpha value is -2.12. The number of hydrogen-bond acceptors (Lipinski definition) is 6. The Labute approximate surface area is 148 Å². The van der Waals surface area contributed by atoms with Gasteiger partial charge in [0.15, 0.2) is 10.3 Å². The summed E-state index contributed by atoms with van der Waals surface area (Å²) in [5, 5.41) is 14.4. The van der Waals surface area contributed by atoms with Crippen molar-refractivity contribution in [2.75, 3.05) is 18.0 Å². The molecule has 0 atom stereocenters. The molecule has 2 heterocycles. The van der Waals surface area contributed by atoms with Gasteiger partial charge in [0.1, 0.15) is 5.75 Å². The zero-order valence-electron chi connectivity index (χ0n) is 12.9. The van der Waals surface area contributed by atoms with Crippen molar-refractivity contribution >= 4 is 40.2 Å². The van der Waals surface area contributed by atoms with Gasteiger partial charge in [-0.2, -0.15) is 5.10 Å².